The van der Waals surface area contributed by atoms with Gasteiger partial charge in [0, 0.05) is 19.7 Å². The lowest BCUT2D eigenvalue weighted by atomic mass is 10.2. The fraction of sp³-hybridized carbons (Fsp3) is 0.286. The van der Waals surface area contributed by atoms with Crippen LogP contribution in [0, 0.1) is 3.57 Å². The van der Waals surface area contributed by atoms with E-state index in [0.29, 0.717) is 12.4 Å². The number of aromatic nitrogens is 2. The predicted molar refractivity (Wildman–Crippen MR) is 87.0 cm³/mol. The van der Waals surface area contributed by atoms with E-state index in [1.165, 1.54) is 0 Å². The summed E-state index contributed by atoms with van der Waals surface area (Å²) in [6.07, 6.45) is 0. The van der Waals surface area contributed by atoms with Crippen molar-refractivity contribution in [3.8, 4) is 17.1 Å². The Labute approximate surface area is 131 Å². The molecular formula is C14H16IN3O2. The van der Waals surface area contributed by atoms with Gasteiger partial charge in [0.25, 0.3) is 0 Å². The van der Waals surface area contributed by atoms with Gasteiger partial charge in [-0.2, -0.15) is 0 Å². The number of anilines is 1. The lowest BCUT2D eigenvalue weighted by Gasteiger charge is -2.11. The van der Waals surface area contributed by atoms with Gasteiger partial charge in [0.15, 0.2) is 5.82 Å². The van der Waals surface area contributed by atoms with Crippen molar-refractivity contribution in [1.29, 1.82) is 0 Å². The molecular weight excluding hydrogens is 369 g/mol. The van der Waals surface area contributed by atoms with Crippen LogP contribution in [0.25, 0.3) is 11.4 Å². The highest BCUT2D eigenvalue weighted by molar-refractivity contribution is 14.1. The SMILES string of the molecule is CNc1nc(-c2cccc(OC)c2)nc(COC)c1I. The molecule has 0 spiro atoms. The van der Waals surface area contributed by atoms with Crippen molar-refractivity contribution in [2.24, 2.45) is 0 Å². The van der Waals surface area contributed by atoms with Gasteiger partial charge in [-0.15, -0.1) is 0 Å². The van der Waals surface area contributed by atoms with Crippen LogP contribution in [0.1, 0.15) is 5.69 Å². The quantitative estimate of drug-likeness (QED) is 0.803. The standard InChI is InChI=1S/C14H16IN3O2/c1-16-14-12(15)11(8-19-2)17-13(18-14)9-5-4-6-10(7-9)20-3/h4-7H,8H2,1-3H3,(H,16,17,18). The first-order chi connectivity index (χ1) is 9.69. The molecule has 0 saturated heterocycles. The number of ether oxygens (including phenoxy) is 2. The monoisotopic (exact) mass is 385 g/mol. The third-order valence-corrected chi connectivity index (χ3v) is 3.90. The number of halogens is 1. The molecule has 0 aliphatic rings. The maximum Gasteiger partial charge on any atom is 0.162 e. The van der Waals surface area contributed by atoms with E-state index in [0.717, 1.165) is 26.4 Å². The van der Waals surface area contributed by atoms with Crippen molar-refractivity contribution in [3.05, 3.63) is 33.5 Å². The van der Waals surface area contributed by atoms with Gasteiger partial charge in [-0.3, -0.25) is 0 Å². The molecule has 2 rings (SSSR count). The highest BCUT2D eigenvalue weighted by atomic mass is 127. The second-order valence-corrected chi connectivity index (χ2v) is 5.15. The van der Waals surface area contributed by atoms with E-state index in [9.17, 15) is 0 Å². The molecule has 0 fully saturated rings. The van der Waals surface area contributed by atoms with Crippen molar-refractivity contribution in [2.75, 3.05) is 26.6 Å². The first-order valence-electron chi connectivity index (χ1n) is 6.07. The van der Waals surface area contributed by atoms with Crippen LogP contribution in [0.2, 0.25) is 0 Å². The highest BCUT2D eigenvalue weighted by Crippen LogP contribution is 2.26. The van der Waals surface area contributed by atoms with Crippen LogP contribution in [0.15, 0.2) is 24.3 Å². The maximum absolute atomic E-state index is 5.24. The van der Waals surface area contributed by atoms with Crippen LogP contribution >= 0.6 is 22.6 Å². The third-order valence-electron chi connectivity index (χ3n) is 2.77. The summed E-state index contributed by atoms with van der Waals surface area (Å²) in [6, 6.07) is 7.69. The second-order valence-electron chi connectivity index (χ2n) is 4.07. The summed E-state index contributed by atoms with van der Waals surface area (Å²) in [7, 11) is 5.14. The Hall–Kier alpha value is -1.41. The molecule has 0 aliphatic carbocycles. The molecule has 1 N–H and O–H groups in total. The molecule has 1 heterocycles. The molecule has 1 aromatic heterocycles. The minimum Gasteiger partial charge on any atom is -0.497 e. The lowest BCUT2D eigenvalue weighted by Crippen LogP contribution is -2.06. The van der Waals surface area contributed by atoms with E-state index in [1.807, 2.05) is 31.3 Å². The Bertz CT molecular complexity index is 605. The molecule has 20 heavy (non-hydrogen) atoms. The van der Waals surface area contributed by atoms with Gasteiger partial charge < -0.3 is 14.8 Å². The van der Waals surface area contributed by atoms with Gasteiger partial charge in [0.2, 0.25) is 0 Å². The zero-order valence-corrected chi connectivity index (χ0v) is 13.8. The van der Waals surface area contributed by atoms with E-state index in [-0.39, 0.29) is 0 Å². The van der Waals surface area contributed by atoms with Crippen LogP contribution in [0.5, 0.6) is 5.75 Å². The molecule has 0 amide bonds. The van der Waals surface area contributed by atoms with E-state index < -0.39 is 0 Å². The Balaban J connectivity index is 2.52. The van der Waals surface area contributed by atoms with E-state index in [2.05, 4.69) is 37.9 Å². The van der Waals surface area contributed by atoms with Crippen molar-refractivity contribution in [2.45, 2.75) is 6.61 Å². The number of nitrogens with one attached hydrogen (secondary N) is 1. The van der Waals surface area contributed by atoms with Crippen LogP contribution in [0.4, 0.5) is 5.82 Å². The predicted octanol–water partition coefficient (Wildman–Crippen LogP) is 2.94. The zero-order chi connectivity index (χ0) is 14.5. The third kappa shape index (κ3) is 3.18. The Morgan fingerprint density at radius 3 is 2.70 bits per heavy atom. The number of hydrogen-bond acceptors (Lipinski definition) is 5. The zero-order valence-electron chi connectivity index (χ0n) is 11.6. The molecule has 0 aliphatic heterocycles. The van der Waals surface area contributed by atoms with Gasteiger partial charge >= 0.3 is 0 Å². The van der Waals surface area contributed by atoms with E-state index in [1.54, 1.807) is 14.2 Å². The summed E-state index contributed by atoms with van der Waals surface area (Å²) >= 11 is 2.22. The average Bonchev–Trinajstić information content (AvgIpc) is 2.49. The molecule has 0 atom stereocenters. The summed E-state index contributed by atoms with van der Waals surface area (Å²) in [5.41, 5.74) is 1.78. The van der Waals surface area contributed by atoms with Gasteiger partial charge in [-0.25, -0.2) is 9.97 Å². The van der Waals surface area contributed by atoms with Crippen LogP contribution in [-0.4, -0.2) is 31.2 Å². The largest absolute Gasteiger partial charge is 0.497 e. The topological polar surface area (TPSA) is 56.3 Å². The number of nitrogens with zero attached hydrogens (tertiary/aromatic N) is 2. The molecule has 0 radical (unpaired) electrons. The minimum absolute atomic E-state index is 0.451. The molecule has 106 valence electrons. The highest BCUT2D eigenvalue weighted by Gasteiger charge is 2.13. The van der Waals surface area contributed by atoms with Crippen LogP contribution in [-0.2, 0) is 11.3 Å². The molecule has 2 aromatic rings. The average molecular weight is 385 g/mol. The minimum atomic E-state index is 0.451. The van der Waals surface area contributed by atoms with Crippen molar-refractivity contribution >= 4 is 28.4 Å². The Kier molecular flexibility index (Phi) is 5.13. The number of rotatable bonds is 5. The Morgan fingerprint density at radius 1 is 1.25 bits per heavy atom. The van der Waals surface area contributed by atoms with Crippen molar-refractivity contribution in [1.82, 2.24) is 9.97 Å². The Morgan fingerprint density at radius 2 is 2.05 bits per heavy atom. The molecule has 0 saturated carbocycles. The molecule has 0 unspecified atom stereocenters. The fourth-order valence-corrected chi connectivity index (χ4v) is 2.45. The van der Waals surface area contributed by atoms with Crippen LogP contribution < -0.4 is 10.1 Å². The number of hydrogen-bond donors (Lipinski definition) is 1. The lowest BCUT2D eigenvalue weighted by molar-refractivity contribution is 0.181. The molecule has 1 aromatic carbocycles. The summed E-state index contributed by atoms with van der Waals surface area (Å²) < 4.78 is 11.4. The van der Waals surface area contributed by atoms with Gasteiger partial charge in [-0.1, -0.05) is 12.1 Å². The molecule has 0 bridgehead atoms. The summed E-state index contributed by atoms with van der Waals surface area (Å²) in [5, 5.41) is 3.09. The second kappa shape index (κ2) is 6.85. The van der Waals surface area contributed by atoms with Gasteiger partial charge in [-0.05, 0) is 34.7 Å². The normalized spacial score (nSPS) is 10.4. The molecule has 6 heteroatoms. The molecule has 5 nitrogen and oxygen atoms in total. The summed E-state index contributed by atoms with van der Waals surface area (Å²) in [5.74, 6) is 2.23. The van der Waals surface area contributed by atoms with E-state index >= 15 is 0 Å². The summed E-state index contributed by atoms with van der Waals surface area (Å²) in [4.78, 5) is 9.12. The van der Waals surface area contributed by atoms with Crippen molar-refractivity contribution < 1.29 is 9.47 Å². The first kappa shape index (κ1) is 15.0. The smallest absolute Gasteiger partial charge is 0.162 e. The van der Waals surface area contributed by atoms with Gasteiger partial charge in [0.1, 0.15) is 11.6 Å². The number of methoxy groups -OCH3 is 2. The summed E-state index contributed by atoms with van der Waals surface area (Å²) in [6.45, 7) is 0.451. The van der Waals surface area contributed by atoms with Crippen molar-refractivity contribution in [3.63, 3.8) is 0 Å². The van der Waals surface area contributed by atoms with E-state index in [4.69, 9.17) is 9.47 Å². The maximum atomic E-state index is 5.24. The van der Waals surface area contributed by atoms with Crippen LogP contribution in [0.3, 0.4) is 0 Å². The van der Waals surface area contributed by atoms with Gasteiger partial charge in [0.05, 0.1) is 23.0 Å². The first-order valence-corrected chi connectivity index (χ1v) is 7.15. The fourth-order valence-electron chi connectivity index (χ4n) is 1.78. The number of benzene rings is 1.